The van der Waals surface area contributed by atoms with Gasteiger partial charge < -0.3 is 9.47 Å². The van der Waals surface area contributed by atoms with Crippen molar-refractivity contribution >= 4 is 98.4 Å². The van der Waals surface area contributed by atoms with Gasteiger partial charge in [-0.2, -0.15) is 4.90 Å². The maximum Gasteiger partial charge on any atom is 0.424 e. The topological polar surface area (TPSA) is 68.7 Å². The van der Waals surface area contributed by atoms with E-state index in [4.69, 9.17) is 79.1 Å². The summed E-state index contributed by atoms with van der Waals surface area (Å²) in [5.41, 5.74) is 0.697. The van der Waals surface area contributed by atoms with Gasteiger partial charge in [-0.25, -0.2) is 9.59 Å². The average molecular weight is 495 g/mol. The molecule has 0 unspecified atom stereocenters. The second-order valence-corrected chi connectivity index (χ2v) is 10.1. The Hall–Kier alpha value is -0.890. The second kappa shape index (κ2) is 9.07. The molecule has 0 saturated carbocycles. The van der Waals surface area contributed by atoms with Crippen LogP contribution in [0.25, 0.3) is 10.9 Å². The molecule has 2 aromatic rings. The van der Waals surface area contributed by atoms with Gasteiger partial charge in [0.2, 0.25) is 7.59 Å². The lowest BCUT2D eigenvalue weighted by molar-refractivity contribution is 0.136. The lowest BCUT2D eigenvalue weighted by Crippen LogP contribution is -2.40. The number of imide groups is 1. The van der Waals surface area contributed by atoms with Gasteiger partial charge in [0.15, 0.2) is 0 Å². The van der Waals surface area contributed by atoms with E-state index >= 15 is 0 Å². The zero-order valence-electron chi connectivity index (χ0n) is 13.2. The Labute approximate surface area is 184 Å². The maximum atomic E-state index is 12.4. The molecule has 0 aliphatic rings. The summed E-state index contributed by atoms with van der Waals surface area (Å²) < 4.78 is 5.96. The van der Waals surface area contributed by atoms with E-state index in [0.29, 0.717) is 15.8 Å². The van der Waals surface area contributed by atoms with Gasteiger partial charge in [-0.15, -0.1) is 0 Å². The molecule has 1 aromatic heterocycles. The number of halogens is 6. The highest BCUT2D eigenvalue weighted by atomic mass is 35.6. The molecular weight excluding hydrogens is 485 g/mol. The first kappa shape index (κ1) is 22.4. The van der Waals surface area contributed by atoms with Crippen molar-refractivity contribution in [3.05, 3.63) is 36.5 Å². The number of pyridine rings is 1. The van der Waals surface area contributed by atoms with Crippen molar-refractivity contribution in [3.8, 4) is 0 Å². The van der Waals surface area contributed by atoms with Crippen LogP contribution in [0.2, 0.25) is 0 Å². The van der Waals surface area contributed by atoms with Crippen LogP contribution < -0.4 is 4.90 Å². The molecule has 2 amide bonds. The Kier molecular flexibility index (Phi) is 7.53. The number of rotatable bonds is 3. The molecule has 0 spiro atoms. The van der Waals surface area contributed by atoms with Crippen LogP contribution in [0.3, 0.4) is 0 Å². The molecule has 0 radical (unpaired) electrons. The van der Waals surface area contributed by atoms with Gasteiger partial charge in [-0.05, 0) is 12.1 Å². The Bertz CT molecular complexity index is 807. The quantitative estimate of drug-likeness (QED) is 0.485. The summed E-state index contributed by atoms with van der Waals surface area (Å²) in [5.74, 6) is 0. The molecule has 0 bridgehead atoms. The number of nitrogens with zero attached hydrogens (tertiary/aromatic N) is 2. The highest BCUT2D eigenvalue weighted by molar-refractivity contribution is 6.68. The van der Waals surface area contributed by atoms with Gasteiger partial charge in [0.05, 0.1) is 17.4 Å². The first-order valence-electron chi connectivity index (χ1n) is 7.08. The van der Waals surface area contributed by atoms with Crippen molar-refractivity contribution in [2.45, 2.75) is 7.59 Å². The number of para-hydroxylation sites is 1. The monoisotopic (exact) mass is 492 g/mol. The summed E-state index contributed by atoms with van der Waals surface area (Å²) in [6.07, 6.45) is -1.05. The van der Waals surface area contributed by atoms with Gasteiger partial charge in [0, 0.05) is 5.39 Å². The van der Waals surface area contributed by atoms with Gasteiger partial charge in [-0.1, -0.05) is 87.8 Å². The minimum Gasteiger partial charge on any atom is -0.444 e. The van der Waals surface area contributed by atoms with E-state index in [9.17, 15) is 9.59 Å². The highest BCUT2D eigenvalue weighted by Gasteiger charge is 2.32. The van der Waals surface area contributed by atoms with Crippen molar-refractivity contribution in [2.24, 2.45) is 0 Å². The number of amides is 2. The Morgan fingerprint density at radius 2 is 1.44 bits per heavy atom. The number of carbonyl (C=O) groups excluding carboxylic acids is 2. The average Bonchev–Trinajstić information content (AvgIpc) is 2.57. The molecule has 0 atom stereocenters. The van der Waals surface area contributed by atoms with Crippen LogP contribution in [-0.2, 0) is 9.47 Å². The van der Waals surface area contributed by atoms with Gasteiger partial charge in [0.1, 0.15) is 13.2 Å². The van der Waals surface area contributed by atoms with Crippen molar-refractivity contribution in [3.63, 3.8) is 0 Å². The number of fused-ring (bicyclic) bond motifs is 1. The number of anilines is 1. The van der Waals surface area contributed by atoms with E-state index in [0.717, 1.165) is 0 Å². The molecule has 0 fully saturated rings. The first-order valence-corrected chi connectivity index (χ1v) is 9.35. The van der Waals surface area contributed by atoms with Crippen LogP contribution >= 0.6 is 69.6 Å². The van der Waals surface area contributed by atoms with Crippen LogP contribution in [0.15, 0.2) is 36.5 Å². The van der Waals surface area contributed by atoms with Crippen LogP contribution in [0.4, 0.5) is 15.3 Å². The molecule has 0 aliphatic carbocycles. The van der Waals surface area contributed by atoms with Crippen molar-refractivity contribution in [1.29, 1.82) is 0 Å². The molecule has 1 aromatic carbocycles. The molecule has 146 valence electrons. The fourth-order valence-electron chi connectivity index (χ4n) is 1.88. The number of aromatic nitrogens is 1. The standard InChI is InChI=1S/C15H10Cl6N2O4/c16-14(17,18)7-26-12(24)23(13(25)27-8-15(19,20)21)10-5-9-3-1-2-4-11(9)22-6-10/h1-6H,7-8H2. The number of ether oxygens (including phenoxy) is 2. The molecule has 0 aliphatic heterocycles. The normalized spacial score (nSPS) is 11.9. The third-order valence-electron chi connectivity index (χ3n) is 2.92. The Morgan fingerprint density at radius 1 is 0.926 bits per heavy atom. The van der Waals surface area contributed by atoms with E-state index in [2.05, 4.69) is 4.98 Å². The largest absolute Gasteiger partial charge is 0.444 e. The minimum atomic E-state index is -1.87. The third kappa shape index (κ3) is 7.22. The minimum absolute atomic E-state index is 0.0531. The molecule has 12 heteroatoms. The smallest absolute Gasteiger partial charge is 0.424 e. The van der Waals surface area contributed by atoms with Crippen LogP contribution in [0.1, 0.15) is 0 Å². The van der Waals surface area contributed by atoms with E-state index in [1.807, 2.05) is 0 Å². The first-order chi connectivity index (χ1) is 12.5. The van der Waals surface area contributed by atoms with Crippen LogP contribution in [0.5, 0.6) is 0 Å². The predicted molar refractivity (Wildman–Crippen MR) is 107 cm³/mol. The lowest BCUT2D eigenvalue weighted by Gasteiger charge is -2.22. The van der Waals surface area contributed by atoms with E-state index in [1.165, 1.54) is 12.3 Å². The van der Waals surface area contributed by atoms with Gasteiger partial charge >= 0.3 is 12.2 Å². The predicted octanol–water partition coefficient (Wildman–Crippen LogP) is 6.05. The summed E-state index contributed by atoms with van der Waals surface area (Å²) in [6.45, 7) is -1.21. The van der Waals surface area contributed by atoms with Gasteiger partial charge in [0.25, 0.3) is 0 Å². The van der Waals surface area contributed by atoms with Gasteiger partial charge in [-0.3, -0.25) is 4.98 Å². The SMILES string of the molecule is O=C(OCC(Cl)(Cl)Cl)N(C(=O)OCC(Cl)(Cl)Cl)c1cnc2ccccc2c1. The summed E-state index contributed by atoms with van der Waals surface area (Å²) in [5, 5.41) is 0.656. The molecule has 2 rings (SSSR count). The van der Waals surface area contributed by atoms with Crippen molar-refractivity contribution < 1.29 is 19.1 Å². The molecule has 0 saturated heterocycles. The molecule has 27 heavy (non-hydrogen) atoms. The fraction of sp³-hybridized carbons (Fsp3) is 0.267. The van der Waals surface area contributed by atoms with Crippen molar-refractivity contribution in [1.82, 2.24) is 4.98 Å². The number of hydrogen-bond donors (Lipinski definition) is 0. The fourth-order valence-corrected chi connectivity index (χ4v) is 2.21. The lowest BCUT2D eigenvalue weighted by atomic mass is 10.2. The Balaban J connectivity index is 2.32. The number of hydrogen-bond acceptors (Lipinski definition) is 5. The molecule has 1 heterocycles. The van der Waals surface area contributed by atoms with E-state index < -0.39 is 33.0 Å². The number of benzene rings is 1. The van der Waals surface area contributed by atoms with Crippen LogP contribution in [0, 0.1) is 0 Å². The highest BCUT2D eigenvalue weighted by Crippen LogP contribution is 2.29. The molecule has 6 nitrogen and oxygen atoms in total. The zero-order chi connectivity index (χ0) is 20.2. The molecule has 0 N–H and O–H groups in total. The summed E-state index contributed by atoms with van der Waals surface area (Å²) in [7, 11) is 0. The third-order valence-corrected chi connectivity index (χ3v) is 3.57. The molecular formula is C15H10Cl6N2O4. The maximum absolute atomic E-state index is 12.4. The Morgan fingerprint density at radius 3 is 1.96 bits per heavy atom. The summed E-state index contributed by atoms with van der Waals surface area (Å²) >= 11 is 33.4. The number of alkyl halides is 6. The zero-order valence-corrected chi connectivity index (χ0v) is 17.7. The van der Waals surface area contributed by atoms with Crippen molar-refractivity contribution in [2.75, 3.05) is 18.1 Å². The van der Waals surface area contributed by atoms with E-state index in [1.54, 1.807) is 24.3 Å². The second-order valence-electron chi connectivity index (χ2n) is 5.06. The van der Waals surface area contributed by atoms with Crippen LogP contribution in [-0.4, -0.2) is 38.0 Å². The number of carbonyl (C=O) groups is 2. The van der Waals surface area contributed by atoms with E-state index in [-0.39, 0.29) is 5.69 Å². The summed E-state index contributed by atoms with van der Waals surface area (Å²) in [4.78, 5) is 29.5. The summed E-state index contributed by atoms with van der Waals surface area (Å²) in [6, 6.07) is 8.57.